The first-order chi connectivity index (χ1) is 7.86. The predicted octanol–water partition coefficient (Wildman–Crippen LogP) is 1.30. The van der Waals surface area contributed by atoms with Gasteiger partial charge >= 0.3 is 0 Å². The molecule has 4 heteroatoms. The van der Waals surface area contributed by atoms with Gasteiger partial charge in [0.05, 0.1) is 6.10 Å². The van der Waals surface area contributed by atoms with Crippen molar-refractivity contribution >= 4 is 0 Å². The Morgan fingerprint density at radius 2 is 2.12 bits per heavy atom. The zero-order chi connectivity index (χ0) is 11.4. The van der Waals surface area contributed by atoms with Gasteiger partial charge in [0.2, 0.25) is 0 Å². The zero-order valence-corrected chi connectivity index (χ0v) is 9.26. The SMILES string of the molecule is OCOC1=C2CCCCC2C(OCO)C=C1. The Labute approximate surface area is 95.2 Å². The quantitative estimate of drug-likeness (QED) is 0.709. The largest absolute Gasteiger partial charge is 0.468 e. The summed E-state index contributed by atoms with van der Waals surface area (Å²) >= 11 is 0. The third kappa shape index (κ3) is 2.29. The first-order valence-electron chi connectivity index (χ1n) is 5.74. The van der Waals surface area contributed by atoms with Crippen molar-refractivity contribution in [2.24, 2.45) is 5.92 Å². The first-order valence-corrected chi connectivity index (χ1v) is 5.74. The fraction of sp³-hybridized carbons (Fsp3) is 0.667. The van der Waals surface area contributed by atoms with E-state index in [0.717, 1.165) is 25.0 Å². The molecule has 2 rings (SSSR count). The minimum absolute atomic E-state index is 0.0497. The van der Waals surface area contributed by atoms with Crippen LogP contribution < -0.4 is 0 Å². The van der Waals surface area contributed by atoms with Crippen molar-refractivity contribution in [1.82, 2.24) is 0 Å². The van der Waals surface area contributed by atoms with Crippen molar-refractivity contribution in [3.63, 3.8) is 0 Å². The Kier molecular flexibility index (Phi) is 3.98. The zero-order valence-electron chi connectivity index (χ0n) is 9.26. The number of rotatable bonds is 4. The van der Waals surface area contributed by atoms with Crippen LogP contribution in [-0.2, 0) is 9.47 Å². The number of ether oxygens (including phenoxy) is 2. The molecule has 2 N–H and O–H groups in total. The Balaban J connectivity index is 2.17. The highest BCUT2D eigenvalue weighted by atomic mass is 16.6. The van der Waals surface area contributed by atoms with Crippen LogP contribution in [0.1, 0.15) is 25.7 Å². The first kappa shape index (κ1) is 11.6. The molecule has 16 heavy (non-hydrogen) atoms. The molecular formula is C12H18O4. The molecule has 0 aromatic heterocycles. The highest BCUT2D eigenvalue weighted by Crippen LogP contribution is 2.38. The molecule has 0 radical (unpaired) electrons. The number of allylic oxidation sites excluding steroid dienone is 1. The van der Waals surface area contributed by atoms with Gasteiger partial charge in [-0.3, -0.25) is 0 Å². The number of aliphatic hydroxyl groups excluding tert-OH is 2. The summed E-state index contributed by atoms with van der Waals surface area (Å²) in [6.45, 7) is -0.545. The minimum atomic E-state index is -0.290. The molecule has 0 heterocycles. The van der Waals surface area contributed by atoms with Crippen molar-refractivity contribution in [3.05, 3.63) is 23.5 Å². The van der Waals surface area contributed by atoms with Gasteiger partial charge in [-0.2, -0.15) is 0 Å². The van der Waals surface area contributed by atoms with E-state index < -0.39 is 0 Å². The standard InChI is InChI=1S/C12H18O4/c13-7-15-11-5-6-12(16-8-14)10-4-2-1-3-9(10)11/h5-6,9,11,13-14H,1-4,7-8H2. The van der Waals surface area contributed by atoms with Gasteiger partial charge in [-0.05, 0) is 30.9 Å². The molecule has 0 saturated heterocycles. The molecule has 2 atom stereocenters. The summed E-state index contributed by atoms with van der Waals surface area (Å²) in [5, 5.41) is 17.7. The molecule has 2 aliphatic carbocycles. The van der Waals surface area contributed by atoms with E-state index in [4.69, 9.17) is 19.7 Å². The van der Waals surface area contributed by atoms with Crippen LogP contribution in [0.4, 0.5) is 0 Å². The topological polar surface area (TPSA) is 58.9 Å². The smallest absolute Gasteiger partial charge is 0.186 e. The molecule has 1 fully saturated rings. The Morgan fingerprint density at radius 1 is 1.25 bits per heavy atom. The van der Waals surface area contributed by atoms with Crippen LogP contribution in [0, 0.1) is 5.92 Å². The van der Waals surface area contributed by atoms with Crippen molar-refractivity contribution in [2.45, 2.75) is 31.8 Å². The highest BCUT2D eigenvalue weighted by molar-refractivity contribution is 5.31. The molecule has 0 aliphatic heterocycles. The van der Waals surface area contributed by atoms with Gasteiger partial charge in [0.15, 0.2) is 6.79 Å². The second-order valence-corrected chi connectivity index (χ2v) is 4.13. The molecular weight excluding hydrogens is 208 g/mol. The summed E-state index contributed by atoms with van der Waals surface area (Å²) in [5.74, 6) is 1.08. The lowest BCUT2D eigenvalue weighted by atomic mass is 9.77. The lowest BCUT2D eigenvalue weighted by Crippen LogP contribution is -2.30. The summed E-state index contributed by atoms with van der Waals surface area (Å²) < 4.78 is 10.5. The monoisotopic (exact) mass is 226 g/mol. The van der Waals surface area contributed by atoms with Crippen LogP contribution in [0.2, 0.25) is 0 Å². The van der Waals surface area contributed by atoms with Gasteiger partial charge in [0.25, 0.3) is 0 Å². The minimum Gasteiger partial charge on any atom is -0.468 e. The van der Waals surface area contributed by atoms with Crippen molar-refractivity contribution < 1.29 is 19.7 Å². The second kappa shape index (κ2) is 5.48. The molecule has 0 spiro atoms. The molecule has 0 amide bonds. The van der Waals surface area contributed by atoms with E-state index in [0.29, 0.717) is 5.92 Å². The summed E-state index contributed by atoms with van der Waals surface area (Å²) in [5.41, 5.74) is 1.22. The third-order valence-electron chi connectivity index (χ3n) is 3.30. The van der Waals surface area contributed by atoms with Crippen LogP contribution in [0.3, 0.4) is 0 Å². The molecule has 1 saturated carbocycles. The Hall–Kier alpha value is -0.840. The average Bonchev–Trinajstić information content (AvgIpc) is 2.33. The second-order valence-electron chi connectivity index (χ2n) is 4.13. The van der Waals surface area contributed by atoms with Crippen LogP contribution in [0.15, 0.2) is 23.5 Å². The normalized spacial score (nSPS) is 29.1. The van der Waals surface area contributed by atoms with Gasteiger partial charge in [0.1, 0.15) is 12.6 Å². The highest BCUT2D eigenvalue weighted by Gasteiger charge is 2.31. The summed E-state index contributed by atoms with van der Waals surface area (Å²) in [4.78, 5) is 0. The van der Waals surface area contributed by atoms with E-state index in [-0.39, 0.29) is 19.7 Å². The molecule has 0 aromatic rings. The van der Waals surface area contributed by atoms with E-state index in [2.05, 4.69) is 0 Å². The van der Waals surface area contributed by atoms with Gasteiger partial charge in [0, 0.05) is 5.92 Å². The van der Waals surface area contributed by atoms with Gasteiger partial charge in [-0.25, -0.2) is 0 Å². The lowest BCUT2D eigenvalue weighted by Gasteiger charge is -2.34. The van der Waals surface area contributed by atoms with Crippen molar-refractivity contribution in [2.75, 3.05) is 13.6 Å². The molecule has 0 aromatic carbocycles. The maximum atomic E-state index is 8.83. The maximum absolute atomic E-state index is 8.83. The molecule has 0 bridgehead atoms. The van der Waals surface area contributed by atoms with E-state index in [1.807, 2.05) is 12.2 Å². The van der Waals surface area contributed by atoms with Gasteiger partial charge < -0.3 is 19.7 Å². The van der Waals surface area contributed by atoms with Crippen molar-refractivity contribution in [1.29, 1.82) is 0 Å². The molecule has 2 aliphatic rings. The number of hydrogen-bond acceptors (Lipinski definition) is 4. The summed E-state index contributed by atoms with van der Waals surface area (Å²) in [7, 11) is 0. The predicted molar refractivity (Wildman–Crippen MR) is 58.3 cm³/mol. The summed E-state index contributed by atoms with van der Waals surface area (Å²) in [6, 6.07) is 0. The van der Waals surface area contributed by atoms with Gasteiger partial charge in [-0.1, -0.05) is 12.5 Å². The third-order valence-corrected chi connectivity index (χ3v) is 3.30. The number of fused-ring (bicyclic) bond motifs is 1. The Bertz CT molecular complexity index is 295. The Morgan fingerprint density at radius 3 is 2.88 bits per heavy atom. The fourth-order valence-corrected chi connectivity index (χ4v) is 2.60. The average molecular weight is 226 g/mol. The van der Waals surface area contributed by atoms with Crippen LogP contribution in [0.25, 0.3) is 0 Å². The fourth-order valence-electron chi connectivity index (χ4n) is 2.60. The molecule has 90 valence electrons. The van der Waals surface area contributed by atoms with E-state index in [1.54, 1.807) is 0 Å². The van der Waals surface area contributed by atoms with Crippen molar-refractivity contribution in [3.8, 4) is 0 Å². The van der Waals surface area contributed by atoms with E-state index >= 15 is 0 Å². The summed E-state index contributed by atoms with van der Waals surface area (Å²) in [6.07, 6.45) is 8.09. The number of aliphatic hydroxyl groups is 2. The van der Waals surface area contributed by atoms with Crippen LogP contribution in [-0.4, -0.2) is 29.9 Å². The maximum Gasteiger partial charge on any atom is 0.186 e. The van der Waals surface area contributed by atoms with E-state index in [9.17, 15) is 0 Å². The van der Waals surface area contributed by atoms with Gasteiger partial charge in [-0.15, -0.1) is 0 Å². The lowest BCUT2D eigenvalue weighted by molar-refractivity contribution is -0.0529. The van der Waals surface area contributed by atoms with Crippen LogP contribution >= 0.6 is 0 Å². The van der Waals surface area contributed by atoms with E-state index in [1.165, 1.54) is 12.0 Å². The molecule has 4 nitrogen and oxygen atoms in total. The van der Waals surface area contributed by atoms with Crippen LogP contribution in [0.5, 0.6) is 0 Å². The molecule has 2 unspecified atom stereocenters. The number of hydrogen-bond donors (Lipinski definition) is 2.